The first kappa shape index (κ1) is 30.8. The van der Waals surface area contributed by atoms with E-state index in [2.05, 4.69) is 5.32 Å². The van der Waals surface area contributed by atoms with Gasteiger partial charge in [0.1, 0.15) is 11.5 Å². The monoisotopic (exact) mass is 613 g/mol. The Hall–Kier alpha value is -4.67. The first-order valence-electron chi connectivity index (χ1n) is 14.3. The van der Waals surface area contributed by atoms with E-state index in [-0.39, 0.29) is 23.9 Å². The number of carbonyl (C=O) groups is 2. The maximum Gasteiger partial charge on any atom is 0.262 e. The molecule has 10 heteroatoms. The molecule has 0 spiro atoms. The SMILES string of the molecule is COc1ccc(S(=O)(=O)N(CC(=O)N2CC(C(=O)NCCc3ccccc3)Oc3ccccc32)Cc2ccccc2)cc1C. The second kappa shape index (κ2) is 13.7. The Kier molecular flexibility index (Phi) is 9.62. The van der Waals surface area contributed by atoms with Crippen LogP contribution in [0.5, 0.6) is 11.5 Å². The van der Waals surface area contributed by atoms with E-state index in [9.17, 15) is 18.0 Å². The normalized spacial score (nSPS) is 14.4. The molecule has 1 heterocycles. The number of nitrogens with zero attached hydrogens (tertiary/aromatic N) is 2. The fraction of sp³-hybridized carbons (Fsp3) is 0.235. The van der Waals surface area contributed by atoms with Crippen molar-refractivity contribution < 1.29 is 27.5 Å². The number of para-hydroxylation sites is 2. The highest BCUT2D eigenvalue weighted by atomic mass is 32.2. The molecule has 0 radical (unpaired) electrons. The highest BCUT2D eigenvalue weighted by Gasteiger charge is 2.36. The number of hydrogen-bond donors (Lipinski definition) is 1. The average molecular weight is 614 g/mol. The number of rotatable bonds is 11. The van der Waals surface area contributed by atoms with Crippen molar-refractivity contribution in [3.8, 4) is 11.5 Å². The molecule has 0 saturated carbocycles. The molecule has 0 bridgehead atoms. The molecule has 4 aromatic carbocycles. The minimum Gasteiger partial charge on any atom is -0.496 e. The lowest BCUT2D eigenvalue weighted by Gasteiger charge is -2.35. The van der Waals surface area contributed by atoms with Crippen LogP contribution in [0.4, 0.5) is 5.69 Å². The van der Waals surface area contributed by atoms with Crippen molar-refractivity contribution in [3.05, 3.63) is 120 Å². The molecule has 1 N–H and O–H groups in total. The van der Waals surface area contributed by atoms with E-state index in [0.717, 1.165) is 11.1 Å². The topological polar surface area (TPSA) is 105 Å². The van der Waals surface area contributed by atoms with Crippen molar-refractivity contribution >= 4 is 27.5 Å². The van der Waals surface area contributed by atoms with Gasteiger partial charge in [-0.1, -0.05) is 72.8 Å². The van der Waals surface area contributed by atoms with Gasteiger partial charge in [0.05, 0.1) is 30.8 Å². The van der Waals surface area contributed by atoms with Crippen molar-refractivity contribution in [2.45, 2.75) is 30.9 Å². The Balaban J connectivity index is 1.38. The number of aryl methyl sites for hydroxylation is 1. The number of benzene rings is 4. The second-order valence-corrected chi connectivity index (χ2v) is 12.4. The third-order valence-corrected chi connectivity index (χ3v) is 9.23. The number of ether oxygens (including phenoxy) is 2. The minimum atomic E-state index is -4.11. The molecule has 0 aromatic heterocycles. The Labute approximate surface area is 258 Å². The Morgan fingerprint density at radius 1 is 0.932 bits per heavy atom. The Morgan fingerprint density at radius 2 is 1.59 bits per heavy atom. The van der Waals surface area contributed by atoms with Crippen LogP contribution in [0.1, 0.15) is 16.7 Å². The van der Waals surface area contributed by atoms with Crippen molar-refractivity contribution in [1.29, 1.82) is 0 Å². The predicted molar refractivity (Wildman–Crippen MR) is 168 cm³/mol. The molecule has 1 aliphatic heterocycles. The molecule has 1 unspecified atom stereocenters. The van der Waals surface area contributed by atoms with Crippen LogP contribution in [-0.2, 0) is 32.6 Å². The first-order chi connectivity index (χ1) is 21.3. The third-order valence-electron chi connectivity index (χ3n) is 7.44. The molecular formula is C34H35N3O6S. The lowest BCUT2D eigenvalue weighted by atomic mass is 10.1. The van der Waals surface area contributed by atoms with Gasteiger partial charge in [-0.05, 0) is 60.4 Å². The van der Waals surface area contributed by atoms with Gasteiger partial charge in [0.25, 0.3) is 5.91 Å². The second-order valence-electron chi connectivity index (χ2n) is 10.5. The highest BCUT2D eigenvalue weighted by Crippen LogP contribution is 2.34. The zero-order chi connectivity index (χ0) is 31.1. The van der Waals surface area contributed by atoms with Crippen molar-refractivity contribution in [3.63, 3.8) is 0 Å². The van der Waals surface area contributed by atoms with Crippen LogP contribution >= 0.6 is 0 Å². The van der Waals surface area contributed by atoms with Gasteiger partial charge in [-0.15, -0.1) is 0 Å². The maximum atomic E-state index is 14.0. The average Bonchev–Trinajstić information content (AvgIpc) is 3.04. The van der Waals surface area contributed by atoms with Crippen LogP contribution in [0.15, 0.2) is 108 Å². The molecule has 228 valence electrons. The summed E-state index contributed by atoms with van der Waals surface area (Å²) in [7, 11) is -2.58. The summed E-state index contributed by atoms with van der Waals surface area (Å²) in [6.07, 6.45) is -0.316. The van der Waals surface area contributed by atoms with Crippen LogP contribution in [0, 0.1) is 6.92 Å². The number of methoxy groups -OCH3 is 1. The number of carbonyl (C=O) groups excluding carboxylic acids is 2. The van der Waals surface area contributed by atoms with Crippen LogP contribution in [0.3, 0.4) is 0 Å². The number of sulfonamides is 1. The molecule has 0 aliphatic carbocycles. The Morgan fingerprint density at radius 3 is 2.27 bits per heavy atom. The van der Waals surface area contributed by atoms with Gasteiger partial charge in [-0.3, -0.25) is 9.59 Å². The molecule has 44 heavy (non-hydrogen) atoms. The summed E-state index contributed by atoms with van der Waals surface area (Å²) < 4.78 is 40.4. The molecule has 5 rings (SSSR count). The quantitative estimate of drug-likeness (QED) is 0.270. The van der Waals surface area contributed by atoms with Crippen LogP contribution in [0.25, 0.3) is 0 Å². The molecule has 4 aromatic rings. The van der Waals surface area contributed by atoms with Crippen LogP contribution in [0.2, 0.25) is 0 Å². The largest absolute Gasteiger partial charge is 0.496 e. The van der Waals surface area contributed by atoms with E-state index in [1.165, 1.54) is 28.4 Å². The summed E-state index contributed by atoms with van der Waals surface area (Å²) in [6.45, 7) is 1.64. The number of hydrogen-bond acceptors (Lipinski definition) is 6. The molecule has 2 amide bonds. The maximum absolute atomic E-state index is 14.0. The van der Waals surface area contributed by atoms with Gasteiger partial charge < -0.3 is 19.7 Å². The van der Waals surface area contributed by atoms with Gasteiger partial charge in [-0.25, -0.2) is 8.42 Å². The number of anilines is 1. The zero-order valence-corrected chi connectivity index (χ0v) is 25.5. The van der Waals surface area contributed by atoms with E-state index in [4.69, 9.17) is 9.47 Å². The molecule has 1 aliphatic rings. The smallest absolute Gasteiger partial charge is 0.262 e. The summed E-state index contributed by atoms with van der Waals surface area (Å²) in [6, 6.07) is 30.5. The summed E-state index contributed by atoms with van der Waals surface area (Å²) in [5.41, 5.74) is 2.95. The Bertz CT molecular complexity index is 1710. The van der Waals surface area contributed by atoms with E-state index in [1.807, 2.05) is 60.7 Å². The summed E-state index contributed by atoms with van der Waals surface area (Å²) in [5.74, 6) is 0.106. The number of fused-ring (bicyclic) bond motifs is 1. The van der Waals surface area contributed by atoms with E-state index >= 15 is 0 Å². The first-order valence-corrected chi connectivity index (χ1v) is 15.8. The fourth-order valence-corrected chi connectivity index (χ4v) is 6.57. The fourth-order valence-electron chi connectivity index (χ4n) is 5.11. The van der Waals surface area contributed by atoms with E-state index in [0.29, 0.717) is 35.7 Å². The lowest BCUT2D eigenvalue weighted by Crippen LogP contribution is -2.53. The molecular weight excluding hydrogens is 578 g/mol. The minimum absolute atomic E-state index is 0.0185. The van der Waals surface area contributed by atoms with Crippen LogP contribution < -0.4 is 19.7 Å². The highest BCUT2D eigenvalue weighted by molar-refractivity contribution is 7.89. The van der Waals surface area contributed by atoms with Gasteiger partial charge in [0.2, 0.25) is 15.9 Å². The molecule has 0 fully saturated rings. The standard InChI is InChI=1S/C34H35N3O6S/c1-25-21-28(17-18-30(25)42-2)44(40,41)36(22-27-13-7-4-8-14-27)24-33(38)37-23-32(43-31-16-10-9-15-29(31)37)34(39)35-20-19-26-11-5-3-6-12-26/h3-18,21,32H,19-20,22-24H2,1-2H3,(H,35,39). The van der Waals surface area contributed by atoms with E-state index < -0.39 is 28.6 Å². The van der Waals surface area contributed by atoms with Crippen molar-refractivity contribution in [1.82, 2.24) is 9.62 Å². The summed E-state index contributed by atoms with van der Waals surface area (Å²) >= 11 is 0. The van der Waals surface area contributed by atoms with E-state index in [1.54, 1.807) is 37.3 Å². The van der Waals surface area contributed by atoms with Crippen molar-refractivity contribution in [2.24, 2.45) is 0 Å². The van der Waals surface area contributed by atoms with Crippen LogP contribution in [-0.4, -0.2) is 57.4 Å². The summed E-state index contributed by atoms with van der Waals surface area (Å²) in [4.78, 5) is 28.6. The van der Waals surface area contributed by atoms with Crippen molar-refractivity contribution in [2.75, 3.05) is 31.6 Å². The third kappa shape index (κ3) is 7.10. The molecule has 0 saturated heterocycles. The van der Waals surface area contributed by atoms with Gasteiger partial charge in [0.15, 0.2) is 6.10 Å². The molecule has 9 nitrogen and oxygen atoms in total. The van der Waals surface area contributed by atoms with Gasteiger partial charge in [-0.2, -0.15) is 4.31 Å². The number of nitrogens with one attached hydrogen (secondary N) is 1. The molecule has 1 atom stereocenters. The predicted octanol–water partition coefficient (Wildman–Crippen LogP) is 4.35. The lowest BCUT2D eigenvalue weighted by molar-refractivity contribution is -0.128. The van der Waals surface area contributed by atoms with Gasteiger partial charge >= 0.3 is 0 Å². The van der Waals surface area contributed by atoms with Gasteiger partial charge in [0, 0.05) is 13.1 Å². The summed E-state index contributed by atoms with van der Waals surface area (Å²) in [5, 5.41) is 2.91. The number of amides is 2. The zero-order valence-electron chi connectivity index (χ0n) is 24.7.